The van der Waals surface area contributed by atoms with Gasteiger partial charge < -0.3 is 4.57 Å². The number of sulfonamides is 1. The number of nitrogens with zero attached hydrogens (tertiary/aromatic N) is 1. The predicted octanol–water partition coefficient (Wildman–Crippen LogP) is 4.00. The van der Waals surface area contributed by atoms with Crippen molar-refractivity contribution in [2.24, 2.45) is 5.14 Å². The standard InChI is InChI=1S/C17H14BrFN2O2S/c1-11-16(18)10-17(21(11)14-6-4-13(19)5-7-14)12-2-8-15(9-3-12)24(20,22)23/h2-10H,1H3,(H2,20,22,23). The molecule has 24 heavy (non-hydrogen) atoms. The number of hydrogen-bond acceptors (Lipinski definition) is 2. The first kappa shape index (κ1) is 16.9. The Balaban J connectivity index is 2.15. The van der Waals surface area contributed by atoms with Crippen LogP contribution in [-0.4, -0.2) is 13.0 Å². The Labute approximate surface area is 147 Å². The summed E-state index contributed by atoms with van der Waals surface area (Å²) in [4.78, 5) is 0.0573. The van der Waals surface area contributed by atoms with E-state index in [9.17, 15) is 12.8 Å². The van der Waals surface area contributed by atoms with E-state index in [0.717, 1.165) is 27.1 Å². The maximum absolute atomic E-state index is 13.2. The predicted molar refractivity (Wildman–Crippen MR) is 95.0 cm³/mol. The van der Waals surface area contributed by atoms with Gasteiger partial charge in [0, 0.05) is 15.9 Å². The molecule has 7 heteroatoms. The fourth-order valence-electron chi connectivity index (χ4n) is 2.53. The quantitative estimate of drug-likeness (QED) is 0.711. The molecule has 0 spiro atoms. The van der Waals surface area contributed by atoms with E-state index in [1.807, 2.05) is 17.6 Å². The lowest BCUT2D eigenvalue weighted by Crippen LogP contribution is -2.11. The zero-order valence-electron chi connectivity index (χ0n) is 12.7. The van der Waals surface area contributed by atoms with Gasteiger partial charge in [-0.05, 0) is 70.9 Å². The normalized spacial score (nSPS) is 11.7. The van der Waals surface area contributed by atoms with E-state index < -0.39 is 10.0 Å². The third kappa shape index (κ3) is 3.15. The number of hydrogen-bond donors (Lipinski definition) is 1. The van der Waals surface area contributed by atoms with Crippen molar-refractivity contribution in [2.45, 2.75) is 11.8 Å². The largest absolute Gasteiger partial charge is 0.313 e. The van der Waals surface area contributed by atoms with E-state index in [2.05, 4.69) is 15.9 Å². The molecule has 2 N–H and O–H groups in total. The van der Waals surface area contributed by atoms with Crippen LogP contribution in [0.1, 0.15) is 5.69 Å². The van der Waals surface area contributed by atoms with Gasteiger partial charge in [0.1, 0.15) is 5.82 Å². The van der Waals surface area contributed by atoms with Crippen LogP contribution in [0, 0.1) is 12.7 Å². The number of halogens is 2. The monoisotopic (exact) mass is 408 g/mol. The smallest absolute Gasteiger partial charge is 0.238 e. The number of nitrogens with two attached hydrogens (primary N) is 1. The van der Waals surface area contributed by atoms with Crippen molar-refractivity contribution in [3.63, 3.8) is 0 Å². The highest BCUT2D eigenvalue weighted by Gasteiger charge is 2.15. The third-order valence-electron chi connectivity index (χ3n) is 3.75. The Morgan fingerprint density at radius 2 is 1.62 bits per heavy atom. The maximum Gasteiger partial charge on any atom is 0.238 e. The molecular weight excluding hydrogens is 395 g/mol. The van der Waals surface area contributed by atoms with E-state index in [1.54, 1.807) is 24.3 Å². The molecule has 4 nitrogen and oxygen atoms in total. The summed E-state index contributed by atoms with van der Waals surface area (Å²) in [5, 5.41) is 5.13. The van der Waals surface area contributed by atoms with Gasteiger partial charge in [0.05, 0.1) is 10.6 Å². The lowest BCUT2D eigenvalue weighted by molar-refractivity contribution is 0.598. The fourth-order valence-corrected chi connectivity index (χ4v) is 3.44. The molecule has 0 aliphatic rings. The summed E-state index contributed by atoms with van der Waals surface area (Å²) in [6.07, 6.45) is 0. The van der Waals surface area contributed by atoms with Gasteiger partial charge in [0.15, 0.2) is 0 Å². The summed E-state index contributed by atoms with van der Waals surface area (Å²) in [6.45, 7) is 1.94. The van der Waals surface area contributed by atoms with Crippen molar-refractivity contribution in [3.05, 3.63) is 70.6 Å². The van der Waals surface area contributed by atoms with Gasteiger partial charge in [0.25, 0.3) is 0 Å². The van der Waals surface area contributed by atoms with Gasteiger partial charge in [0.2, 0.25) is 10.0 Å². The topological polar surface area (TPSA) is 65.1 Å². The number of benzene rings is 2. The molecule has 0 aliphatic heterocycles. The molecule has 1 aromatic heterocycles. The zero-order chi connectivity index (χ0) is 17.5. The SMILES string of the molecule is Cc1c(Br)cc(-c2ccc(S(N)(=O)=O)cc2)n1-c1ccc(F)cc1. The van der Waals surface area contributed by atoms with Gasteiger partial charge in [-0.3, -0.25) is 0 Å². The molecular formula is C17H14BrFN2O2S. The molecule has 0 aliphatic carbocycles. The Bertz CT molecular complexity index is 994. The summed E-state index contributed by atoms with van der Waals surface area (Å²) in [7, 11) is -3.73. The Hall–Kier alpha value is -1.96. The minimum atomic E-state index is -3.73. The molecule has 3 aromatic rings. The highest BCUT2D eigenvalue weighted by molar-refractivity contribution is 9.10. The number of aromatic nitrogens is 1. The molecule has 0 saturated heterocycles. The average Bonchev–Trinajstić information content (AvgIpc) is 2.83. The summed E-state index contributed by atoms with van der Waals surface area (Å²) >= 11 is 3.51. The first-order chi connectivity index (χ1) is 11.3. The number of primary sulfonamides is 1. The van der Waals surface area contributed by atoms with E-state index in [1.165, 1.54) is 24.3 Å². The second-order valence-corrected chi connectivity index (χ2v) is 7.76. The minimum absolute atomic E-state index is 0.0573. The highest BCUT2D eigenvalue weighted by atomic mass is 79.9. The first-order valence-corrected chi connectivity index (χ1v) is 9.38. The van der Waals surface area contributed by atoms with E-state index >= 15 is 0 Å². The van der Waals surface area contributed by atoms with Crippen molar-refractivity contribution >= 4 is 26.0 Å². The van der Waals surface area contributed by atoms with Gasteiger partial charge in [-0.15, -0.1) is 0 Å². The van der Waals surface area contributed by atoms with Crippen molar-refractivity contribution in [3.8, 4) is 16.9 Å². The molecule has 124 valence electrons. The Morgan fingerprint density at radius 1 is 1.04 bits per heavy atom. The molecule has 0 atom stereocenters. The van der Waals surface area contributed by atoms with Gasteiger partial charge >= 0.3 is 0 Å². The van der Waals surface area contributed by atoms with Crippen molar-refractivity contribution in [2.75, 3.05) is 0 Å². The van der Waals surface area contributed by atoms with Crippen LogP contribution in [0.2, 0.25) is 0 Å². The van der Waals surface area contributed by atoms with Gasteiger partial charge in [-0.25, -0.2) is 17.9 Å². The van der Waals surface area contributed by atoms with Crippen LogP contribution >= 0.6 is 15.9 Å². The van der Waals surface area contributed by atoms with Crippen molar-refractivity contribution in [1.82, 2.24) is 4.57 Å². The highest BCUT2D eigenvalue weighted by Crippen LogP contribution is 2.32. The fraction of sp³-hybridized carbons (Fsp3) is 0.0588. The van der Waals surface area contributed by atoms with Crippen LogP contribution < -0.4 is 5.14 Å². The lowest BCUT2D eigenvalue weighted by atomic mass is 10.1. The van der Waals surface area contributed by atoms with Crippen molar-refractivity contribution < 1.29 is 12.8 Å². The maximum atomic E-state index is 13.2. The van der Waals surface area contributed by atoms with Gasteiger partial charge in [-0.2, -0.15) is 0 Å². The van der Waals surface area contributed by atoms with E-state index in [0.29, 0.717) is 0 Å². The summed E-state index contributed by atoms with van der Waals surface area (Å²) in [5.74, 6) is -0.304. The average molecular weight is 409 g/mol. The van der Waals surface area contributed by atoms with Gasteiger partial charge in [-0.1, -0.05) is 12.1 Å². The second kappa shape index (κ2) is 6.16. The molecule has 0 unspecified atom stereocenters. The molecule has 0 radical (unpaired) electrons. The molecule has 0 amide bonds. The summed E-state index contributed by atoms with van der Waals surface area (Å²) in [5.41, 5.74) is 3.43. The molecule has 0 bridgehead atoms. The van der Waals surface area contributed by atoms with Crippen LogP contribution in [0.5, 0.6) is 0 Å². The van der Waals surface area contributed by atoms with Crippen molar-refractivity contribution in [1.29, 1.82) is 0 Å². The summed E-state index contributed by atoms with van der Waals surface area (Å²) < 4.78 is 38.8. The van der Waals surface area contributed by atoms with Crippen LogP contribution in [-0.2, 0) is 10.0 Å². The van der Waals surface area contributed by atoms with Crippen LogP contribution in [0.25, 0.3) is 16.9 Å². The zero-order valence-corrected chi connectivity index (χ0v) is 15.1. The third-order valence-corrected chi connectivity index (χ3v) is 5.48. The molecule has 3 rings (SSSR count). The Morgan fingerprint density at radius 3 is 2.17 bits per heavy atom. The van der Waals surface area contributed by atoms with Crippen LogP contribution in [0.15, 0.2) is 64.0 Å². The lowest BCUT2D eigenvalue weighted by Gasteiger charge is -2.12. The first-order valence-electron chi connectivity index (χ1n) is 7.04. The molecule has 0 saturated carbocycles. The van der Waals surface area contributed by atoms with Crippen LogP contribution in [0.4, 0.5) is 4.39 Å². The van der Waals surface area contributed by atoms with Crippen LogP contribution in [0.3, 0.4) is 0 Å². The molecule has 1 heterocycles. The number of rotatable bonds is 3. The summed E-state index contributed by atoms with van der Waals surface area (Å²) in [6, 6.07) is 14.4. The minimum Gasteiger partial charge on any atom is -0.313 e. The molecule has 2 aromatic carbocycles. The Kier molecular flexibility index (Phi) is 4.33. The van der Waals surface area contributed by atoms with E-state index in [4.69, 9.17) is 5.14 Å². The second-order valence-electron chi connectivity index (χ2n) is 5.34. The van der Waals surface area contributed by atoms with E-state index in [-0.39, 0.29) is 10.7 Å². The molecule has 0 fully saturated rings.